The summed E-state index contributed by atoms with van der Waals surface area (Å²) in [6, 6.07) is 20.9. The zero-order valence-electron chi connectivity index (χ0n) is 12.1. The fourth-order valence-corrected chi connectivity index (χ4v) is 2.48. The van der Waals surface area contributed by atoms with Crippen molar-refractivity contribution in [3.63, 3.8) is 0 Å². The molecule has 3 rings (SSSR count). The average molecular weight is 273 g/mol. The lowest BCUT2D eigenvalue weighted by molar-refractivity contribution is 1.04. The van der Waals surface area contributed by atoms with Gasteiger partial charge in [-0.1, -0.05) is 72.8 Å². The number of hydrogen-bond acceptors (Lipinski definition) is 1. The van der Waals surface area contributed by atoms with Crippen LogP contribution in [0.15, 0.2) is 83.4 Å². The smallest absolute Gasteiger partial charge is 0.0643 e. The summed E-state index contributed by atoms with van der Waals surface area (Å²) >= 11 is 0. The van der Waals surface area contributed by atoms with Crippen LogP contribution in [-0.4, -0.2) is 5.71 Å². The van der Waals surface area contributed by atoms with Gasteiger partial charge in [-0.15, -0.1) is 0 Å². The van der Waals surface area contributed by atoms with Crippen LogP contribution in [0.2, 0.25) is 0 Å². The van der Waals surface area contributed by atoms with E-state index in [1.807, 2.05) is 12.1 Å². The van der Waals surface area contributed by atoms with E-state index in [4.69, 9.17) is 4.99 Å². The topological polar surface area (TPSA) is 12.4 Å². The molecule has 0 amide bonds. The first-order valence-electron chi connectivity index (χ1n) is 7.40. The normalized spacial score (nSPS) is 18.3. The van der Waals surface area contributed by atoms with E-state index in [-0.39, 0.29) is 0 Å². The molecule has 21 heavy (non-hydrogen) atoms. The molecule has 0 aromatic heterocycles. The van der Waals surface area contributed by atoms with Gasteiger partial charge in [-0.3, -0.25) is 4.99 Å². The lowest BCUT2D eigenvalue weighted by Crippen LogP contribution is -2.06. The van der Waals surface area contributed by atoms with Crippen LogP contribution in [0.4, 0.5) is 0 Å². The second-order valence-corrected chi connectivity index (χ2v) is 5.21. The Labute approximate surface area is 126 Å². The van der Waals surface area contributed by atoms with Crippen molar-refractivity contribution in [3.8, 4) is 0 Å². The molecule has 0 N–H and O–H groups in total. The molecule has 0 heterocycles. The fourth-order valence-electron chi connectivity index (χ4n) is 2.48. The van der Waals surface area contributed by atoms with E-state index in [1.54, 1.807) is 0 Å². The third kappa shape index (κ3) is 3.79. The summed E-state index contributed by atoms with van der Waals surface area (Å²) in [5.41, 5.74) is 5.05. The summed E-state index contributed by atoms with van der Waals surface area (Å²) < 4.78 is 0. The number of hydrogen-bond donors (Lipinski definition) is 0. The second kappa shape index (κ2) is 6.85. The molecule has 0 radical (unpaired) electrons. The molecular formula is C20H19N. The SMILES string of the molecule is C1=CCC(=NCc2ccccc2)C(=Cc2ccccc2)C1. The Bertz CT molecular complexity index is 663. The zero-order chi connectivity index (χ0) is 14.3. The summed E-state index contributed by atoms with van der Waals surface area (Å²) in [6.07, 6.45) is 8.61. The van der Waals surface area contributed by atoms with Gasteiger partial charge in [0.2, 0.25) is 0 Å². The van der Waals surface area contributed by atoms with E-state index >= 15 is 0 Å². The van der Waals surface area contributed by atoms with Crippen LogP contribution in [0.5, 0.6) is 0 Å². The summed E-state index contributed by atoms with van der Waals surface area (Å²) in [5, 5.41) is 0. The van der Waals surface area contributed by atoms with E-state index in [0.29, 0.717) is 0 Å². The first-order chi connectivity index (χ1) is 10.4. The van der Waals surface area contributed by atoms with E-state index in [9.17, 15) is 0 Å². The largest absolute Gasteiger partial charge is 0.284 e. The highest BCUT2D eigenvalue weighted by Gasteiger charge is 2.08. The Kier molecular flexibility index (Phi) is 4.42. The van der Waals surface area contributed by atoms with Gasteiger partial charge in [0.25, 0.3) is 0 Å². The van der Waals surface area contributed by atoms with Crippen molar-refractivity contribution in [1.29, 1.82) is 0 Å². The van der Waals surface area contributed by atoms with Crippen molar-refractivity contribution in [2.24, 2.45) is 4.99 Å². The average Bonchev–Trinajstić information content (AvgIpc) is 2.56. The summed E-state index contributed by atoms with van der Waals surface area (Å²) in [7, 11) is 0. The lowest BCUT2D eigenvalue weighted by Gasteiger charge is -2.13. The van der Waals surface area contributed by atoms with Crippen LogP contribution in [0.3, 0.4) is 0 Å². The van der Waals surface area contributed by atoms with Crippen molar-refractivity contribution >= 4 is 11.8 Å². The fraction of sp³-hybridized carbons (Fsp3) is 0.150. The van der Waals surface area contributed by atoms with Crippen LogP contribution in [0, 0.1) is 0 Å². The molecule has 1 heteroatoms. The molecule has 2 aromatic rings. The Morgan fingerprint density at radius 2 is 1.48 bits per heavy atom. The first kappa shape index (κ1) is 13.6. The monoisotopic (exact) mass is 273 g/mol. The van der Waals surface area contributed by atoms with Gasteiger partial charge in [0.1, 0.15) is 0 Å². The predicted molar refractivity (Wildman–Crippen MR) is 90.4 cm³/mol. The molecule has 2 aromatic carbocycles. The molecule has 0 saturated heterocycles. The van der Waals surface area contributed by atoms with E-state index in [1.165, 1.54) is 22.4 Å². The molecule has 0 bridgehead atoms. The Morgan fingerprint density at radius 1 is 0.810 bits per heavy atom. The van der Waals surface area contributed by atoms with Crippen molar-refractivity contribution in [2.45, 2.75) is 19.4 Å². The predicted octanol–water partition coefficient (Wildman–Crippen LogP) is 5.06. The second-order valence-electron chi connectivity index (χ2n) is 5.21. The van der Waals surface area contributed by atoms with Gasteiger partial charge in [-0.25, -0.2) is 0 Å². The highest BCUT2D eigenvalue weighted by molar-refractivity contribution is 6.05. The standard InChI is InChI=1S/C20H19N/c1-3-9-17(10-4-1)15-19-13-7-8-14-20(19)21-16-18-11-5-2-6-12-18/h1-12,15H,13-14,16H2. The molecular weight excluding hydrogens is 254 g/mol. The van der Waals surface area contributed by atoms with Gasteiger partial charge in [0.15, 0.2) is 0 Å². The maximum absolute atomic E-state index is 4.83. The first-order valence-corrected chi connectivity index (χ1v) is 7.40. The van der Waals surface area contributed by atoms with E-state index in [0.717, 1.165) is 19.4 Å². The van der Waals surface area contributed by atoms with Crippen molar-refractivity contribution in [3.05, 3.63) is 89.5 Å². The van der Waals surface area contributed by atoms with Gasteiger partial charge >= 0.3 is 0 Å². The molecule has 104 valence electrons. The quantitative estimate of drug-likeness (QED) is 0.693. The van der Waals surface area contributed by atoms with Gasteiger partial charge < -0.3 is 0 Å². The maximum Gasteiger partial charge on any atom is 0.0643 e. The Hall–Kier alpha value is -2.41. The highest BCUT2D eigenvalue weighted by atomic mass is 14.7. The van der Waals surface area contributed by atoms with Crippen LogP contribution >= 0.6 is 0 Å². The third-order valence-corrected chi connectivity index (χ3v) is 3.62. The Balaban J connectivity index is 1.82. The zero-order valence-corrected chi connectivity index (χ0v) is 12.1. The number of rotatable bonds is 3. The molecule has 1 aliphatic rings. The molecule has 0 atom stereocenters. The van der Waals surface area contributed by atoms with Gasteiger partial charge in [0, 0.05) is 12.1 Å². The molecule has 0 saturated carbocycles. The maximum atomic E-state index is 4.83. The van der Waals surface area contributed by atoms with Crippen LogP contribution in [0.1, 0.15) is 24.0 Å². The minimum absolute atomic E-state index is 0.760. The van der Waals surface area contributed by atoms with Crippen LogP contribution in [0.25, 0.3) is 6.08 Å². The number of allylic oxidation sites excluding steroid dienone is 3. The molecule has 1 aliphatic carbocycles. The number of aliphatic imine (C=N–C) groups is 1. The van der Waals surface area contributed by atoms with Gasteiger partial charge in [-0.2, -0.15) is 0 Å². The van der Waals surface area contributed by atoms with Crippen molar-refractivity contribution in [2.75, 3.05) is 0 Å². The molecule has 0 fully saturated rings. The minimum Gasteiger partial charge on any atom is -0.284 e. The Morgan fingerprint density at radius 3 is 2.24 bits per heavy atom. The van der Waals surface area contributed by atoms with E-state index < -0.39 is 0 Å². The van der Waals surface area contributed by atoms with Gasteiger partial charge in [-0.05, 0) is 29.2 Å². The minimum atomic E-state index is 0.760. The van der Waals surface area contributed by atoms with Crippen molar-refractivity contribution < 1.29 is 0 Å². The highest BCUT2D eigenvalue weighted by Crippen LogP contribution is 2.19. The lowest BCUT2D eigenvalue weighted by atomic mass is 9.96. The van der Waals surface area contributed by atoms with Gasteiger partial charge in [0.05, 0.1) is 6.54 Å². The van der Waals surface area contributed by atoms with Crippen molar-refractivity contribution in [1.82, 2.24) is 0 Å². The van der Waals surface area contributed by atoms with Crippen LogP contribution < -0.4 is 0 Å². The molecule has 0 aliphatic heterocycles. The molecule has 1 nitrogen and oxygen atoms in total. The summed E-state index contributed by atoms with van der Waals surface area (Å²) in [5.74, 6) is 0. The number of nitrogens with zero attached hydrogens (tertiary/aromatic N) is 1. The van der Waals surface area contributed by atoms with Crippen LogP contribution in [-0.2, 0) is 6.54 Å². The van der Waals surface area contributed by atoms with E-state index in [2.05, 4.69) is 66.8 Å². The third-order valence-electron chi connectivity index (χ3n) is 3.62. The molecule has 0 unspecified atom stereocenters. The summed E-state index contributed by atoms with van der Waals surface area (Å²) in [6.45, 7) is 0.760. The number of benzene rings is 2. The molecule has 0 spiro atoms. The summed E-state index contributed by atoms with van der Waals surface area (Å²) in [4.78, 5) is 4.83.